The van der Waals surface area contributed by atoms with Crippen molar-refractivity contribution < 1.29 is 34.4 Å². The Hall–Kier alpha value is -2.20. The van der Waals surface area contributed by atoms with Crippen LogP contribution < -0.4 is 14.2 Å². The number of unbranched alkanes of at least 4 members (excludes halogenated alkanes) is 1. The lowest BCUT2D eigenvalue weighted by atomic mass is 10.0. The average molecular weight is 356 g/mol. The molecule has 2 aromatic rings. The summed E-state index contributed by atoms with van der Waals surface area (Å²) in [5.74, 6) is -1.07. The maximum atomic E-state index is 10.4. The zero-order chi connectivity index (χ0) is 27.6. The summed E-state index contributed by atoms with van der Waals surface area (Å²) in [5.41, 5.74) is 0.280. The molecule has 2 rings (SSSR count). The van der Waals surface area contributed by atoms with Crippen LogP contribution in [0, 0.1) is 6.92 Å². The fraction of sp³-hybridized carbons (Fsp3) is 0.429. The predicted molar refractivity (Wildman–Crippen MR) is 99.8 cm³/mol. The van der Waals surface area contributed by atoms with E-state index in [1.54, 1.807) is 0 Å². The van der Waals surface area contributed by atoms with E-state index in [-0.39, 0.29) is 66.1 Å². The normalized spacial score (nSPS) is 19.9. The average Bonchev–Trinajstić information content (AvgIpc) is 2.78. The minimum Gasteiger partial charge on any atom is -0.493 e. The molecule has 0 aliphatic heterocycles. The summed E-state index contributed by atoms with van der Waals surface area (Å²) in [4.78, 5) is 0. The van der Waals surface area contributed by atoms with Gasteiger partial charge in [0, 0.05) is 0 Å². The van der Waals surface area contributed by atoms with Gasteiger partial charge in [0.2, 0.25) is 0 Å². The lowest BCUT2D eigenvalue weighted by Crippen LogP contribution is -2.17. The molecule has 1 N–H and O–H groups in total. The van der Waals surface area contributed by atoms with Crippen molar-refractivity contribution in [1.82, 2.24) is 0 Å². The molecule has 0 fully saturated rings. The van der Waals surface area contributed by atoms with Gasteiger partial charge in [0.25, 0.3) is 0 Å². The van der Waals surface area contributed by atoms with Gasteiger partial charge >= 0.3 is 0 Å². The summed E-state index contributed by atoms with van der Waals surface area (Å²) in [5, 5.41) is 10.4. The Morgan fingerprint density at radius 1 is 1.16 bits per heavy atom. The van der Waals surface area contributed by atoms with Crippen molar-refractivity contribution in [2.75, 3.05) is 20.8 Å². The van der Waals surface area contributed by atoms with Crippen LogP contribution >= 0.6 is 0 Å². The minimum absolute atomic E-state index is 0.0946. The summed E-state index contributed by atoms with van der Waals surface area (Å²) < 4.78 is 101. The molecule has 0 saturated heterocycles. The smallest absolute Gasteiger partial charge is 0.160 e. The fourth-order valence-corrected chi connectivity index (χ4v) is 2.10. The van der Waals surface area contributed by atoms with E-state index in [1.807, 2.05) is 0 Å². The van der Waals surface area contributed by atoms with Crippen molar-refractivity contribution in [3.05, 3.63) is 53.4 Å². The third-order valence-electron chi connectivity index (χ3n) is 3.36. The van der Waals surface area contributed by atoms with Crippen LogP contribution in [0.15, 0.2) is 42.3 Å². The Morgan fingerprint density at radius 3 is 2.84 bits per heavy atom. The first-order chi connectivity index (χ1) is 16.5. The number of aliphatic hydroxyl groups is 1. The molecule has 0 aromatic heterocycles. The van der Waals surface area contributed by atoms with E-state index in [1.165, 1.54) is 14.0 Å². The zero-order valence-corrected chi connectivity index (χ0v) is 14.2. The van der Waals surface area contributed by atoms with Crippen LogP contribution in [-0.4, -0.2) is 31.9 Å². The molecule has 0 bridgehead atoms. The standard InChI is InChI=1S/C21H28O4/c1-16-7-6-10-19(13-16)25-15-18(22)9-5-4-8-17-11-12-20(23-2)21(14-17)24-3/h6-7,10-14,18,22H,4-5,8-9,15H2,1-3H3/i2D3,6D,7D,10D,11D,12D,13D,14D,18D. The van der Waals surface area contributed by atoms with E-state index >= 15 is 0 Å². The van der Waals surface area contributed by atoms with Gasteiger partial charge in [-0.1, -0.05) is 24.5 Å². The fourth-order valence-electron chi connectivity index (χ4n) is 2.10. The Bertz CT molecular complexity index is 1090. The molecule has 1 unspecified atom stereocenters. The van der Waals surface area contributed by atoms with Crippen molar-refractivity contribution in [1.29, 1.82) is 0 Å². The molecule has 0 spiro atoms. The number of benzene rings is 2. The van der Waals surface area contributed by atoms with Gasteiger partial charge in [-0.3, -0.25) is 0 Å². The molecular formula is C21H28O4. The summed E-state index contributed by atoms with van der Waals surface area (Å²) in [6.45, 7) is 0.863. The highest BCUT2D eigenvalue weighted by Crippen LogP contribution is 2.28. The highest BCUT2D eigenvalue weighted by Gasteiger charge is 2.07. The van der Waals surface area contributed by atoms with Gasteiger partial charge in [-0.2, -0.15) is 0 Å². The number of hydrogen-bond donors (Lipinski definition) is 1. The van der Waals surface area contributed by atoms with Crippen molar-refractivity contribution >= 4 is 0 Å². The quantitative estimate of drug-likeness (QED) is 0.650. The van der Waals surface area contributed by atoms with Gasteiger partial charge in [-0.05, 0) is 61.5 Å². The van der Waals surface area contributed by atoms with Crippen LogP contribution in [0.4, 0.5) is 0 Å². The molecule has 0 amide bonds. The third-order valence-corrected chi connectivity index (χ3v) is 3.36. The Labute approximate surface area is 165 Å². The van der Waals surface area contributed by atoms with Gasteiger partial charge in [0.05, 0.1) is 35.3 Å². The molecule has 0 radical (unpaired) electrons. The first-order valence-corrected chi connectivity index (χ1v) is 7.80. The van der Waals surface area contributed by atoms with Crippen molar-refractivity contribution in [2.45, 2.75) is 38.7 Å². The van der Waals surface area contributed by atoms with E-state index in [2.05, 4.69) is 0 Å². The Balaban J connectivity index is 2.07. The second-order valence-corrected chi connectivity index (χ2v) is 5.33. The van der Waals surface area contributed by atoms with Crippen LogP contribution in [0.3, 0.4) is 0 Å². The first kappa shape index (κ1) is 8.95. The SMILES string of the molecule is [2H]c1c([2H])c(C)c([2H])c(OCC([2H])(O)CCCCc2c([2H])c([2H])c(OC([2H])([2H])[2H])c(OC)c2[2H])c1[2H]. The van der Waals surface area contributed by atoms with Crippen LogP contribution in [0.1, 0.15) is 45.5 Å². The number of ether oxygens (including phenoxy) is 3. The van der Waals surface area contributed by atoms with Crippen LogP contribution in [-0.2, 0) is 6.42 Å². The van der Waals surface area contributed by atoms with Crippen molar-refractivity contribution in [3.8, 4) is 17.2 Å². The summed E-state index contributed by atoms with van der Waals surface area (Å²) in [6.07, 6.45) is -1.52. The maximum Gasteiger partial charge on any atom is 0.160 e. The van der Waals surface area contributed by atoms with E-state index in [0.717, 1.165) is 0 Å². The lowest BCUT2D eigenvalue weighted by molar-refractivity contribution is 0.0976. The largest absolute Gasteiger partial charge is 0.493 e. The van der Waals surface area contributed by atoms with Gasteiger partial charge in [0.1, 0.15) is 12.4 Å². The molecule has 0 saturated carbocycles. The summed E-state index contributed by atoms with van der Waals surface area (Å²) in [7, 11) is -1.70. The monoisotopic (exact) mass is 355 g/mol. The highest BCUT2D eigenvalue weighted by molar-refractivity contribution is 5.42. The molecule has 136 valence electrons. The molecule has 1 atom stereocenters. The molecule has 0 aliphatic rings. The van der Waals surface area contributed by atoms with E-state index in [4.69, 9.17) is 29.3 Å². The maximum absolute atomic E-state index is 10.4. The van der Waals surface area contributed by atoms with E-state index in [0.29, 0.717) is 6.42 Å². The molecule has 0 heterocycles. The predicted octanol–water partition coefficient (Wildman–Crippen LogP) is 4.16. The number of rotatable bonds is 10. The molecular weight excluding hydrogens is 316 g/mol. The van der Waals surface area contributed by atoms with Gasteiger partial charge in [-0.15, -0.1) is 0 Å². The number of hydrogen-bond acceptors (Lipinski definition) is 4. The summed E-state index contributed by atoms with van der Waals surface area (Å²) in [6, 6.07) is -2.59. The van der Waals surface area contributed by atoms with E-state index < -0.39 is 43.6 Å². The van der Waals surface area contributed by atoms with Gasteiger partial charge in [0.15, 0.2) is 11.5 Å². The molecule has 25 heavy (non-hydrogen) atoms. The second-order valence-electron chi connectivity index (χ2n) is 5.33. The molecule has 4 nitrogen and oxygen atoms in total. The molecule has 0 aliphatic carbocycles. The topological polar surface area (TPSA) is 47.9 Å². The first-order valence-electron chi connectivity index (χ1n) is 13.3. The van der Waals surface area contributed by atoms with Crippen molar-refractivity contribution in [3.63, 3.8) is 0 Å². The lowest BCUT2D eigenvalue weighted by Gasteiger charge is -2.13. The van der Waals surface area contributed by atoms with Gasteiger partial charge in [-0.25, -0.2) is 0 Å². The third kappa shape index (κ3) is 6.31. The molecule has 2 aromatic carbocycles. The number of methoxy groups -OCH3 is 2. The Kier molecular flexibility index (Phi) is 3.56. The van der Waals surface area contributed by atoms with Crippen LogP contribution in [0.2, 0.25) is 0 Å². The van der Waals surface area contributed by atoms with E-state index in [9.17, 15) is 5.11 Å². The molecule has 4 heteroatoms. The van der Waals surface area contributed by atoms with Crippen LogP contribution in [0.25, 0.3) is 0 Å². The highest BCUT2D eigenvalue weighted by atomic mass is 16.5. The summed E-state index contributed by atoms with van der Waals surface area (Å²) >= 11 is 0. The second kappa shape index (κ2) is 9.94. The van der Waals surface area contributed by atoms with Crippen molar-refractivity contribution in [2.24, 2.45) is 0 Å². The minimum atomic E-state index is -2.89. The Morgan fingerprint density at radius 2 is 2.04 bits per heavy atom. The zero-order valence-electron chi connectivity index (χ0n) is 25.2. The van der Waals surface area contributed by atoms with Crippen LogP contribution in [0.5, 0.6) is 17.2 Å². The van der Waals surface area contributed by atoms with Gasteiger partial charge < -0.3 is 19.3 Å².